The molecule has 0 bridgehead atoms. The van der Waals surface area contributed by atoms with E-state index >= 15 is 0 Å². The van der Waals surface area contributed by atoms with Crippen molar-refractivity contribution in [2.45, 2.75) is 78.0 Å². The summed E-state index contributed by atoms with van der Waals surface area (Å²) in [4.78, 5) is 0. The number of rotatable bonds is 4. The van der Waals surface area contributed by atoms with E-state index in [4.69, 9.17) is 15.1 Å². The minimum absolute atomic E-state index is 0.172. The summed E-state index contributed by atoms with van der Waals surface area (Å²) in [5.74, 6) is 0. The fourth-order valence-electron chi connectivity index (χ4n) is 2.47. The molecule has 2 unspecified atom stereocenters. The predicted molar refractivity (Wildman–Crippen MR) is 120 cm³/mol. The van der Waals surface area contributed by atoms with E-state index in [0.717, 1.165) is 12.3 Å². The third kappa shape index (κ3) is 5.11. The fourth-order valence-corrected chi connectivity index (χ4v) is 5.52. The lowest BCUT2D eigenvalue weighted by molar-refractivity contribution is 0.777. The summed E-state index contributed by atoms with van der Waals surface area (Å²) >= 11 is 0. The molecule has 2 atom stereocenters. The second kappa shape index (κ2) is 7.08. The average molecular weight is 360 g/mol. The highest BCUT2D eigenvalue weighted by Crippen LogP contribution is 2.65. The molecule has 0 aliphatic heterocycles. The zero-order valence-electron chi connectivity index (χ0n) is 17.6. The molecule has 0 nitrogen and oxygen atoms in total. The topological polar surface area (TPSA) is 0 Å². The van der Waals surface area contributed by atoms with Crippen molar-refractivity contribution in [2.75, 3.05) is 13.3 Å². The fraction of sp³-hybridized carbons (Fsp3) is 0.700. The summed E-state index contributed by atoms with van der Waals surface area (Å²) < 4.78 is 0. The first-order valence-electron chi connectivity index (χ1n) is 8.85. The van der Waals surface area contributed by atoms with Crippen LogP contribution in [0.2, 0.25) is 0 Å². The van der Waals surface area contributed by atoms with Crippen LogP contribution in [0.15, 0.2) is 12.1 Å². The van der Waals surface area contributed by atoms with Crippen LogP contribution in [0.25, 0.3) is 0 Å². The highest BCUT2D eigenvalue weighted by atomic mass is 31.2. The Bertz CT molecular complexity index is 542. The van der Waals surface area contributed by atoms with Crippen LogP contribution in [0.1, 0.15) is 63.8 Å². The van der Waals surface area contributed by atoms with E-state index in [2.05, 4.69) is 80.9 Å². The Morgan fingerprint density at radius 1 is 0.708 bits per heavy atom. The number of hydrogen-bond donors (Lipinski definition) is 0. The Hall–Kier alpha value is 0.210. The van der Waals surface area contributed by atoms with Gasteiger partial charge in [-0.1, -0.05) is 6.07 Å². The molecule has 0 saturated heterocycles. The highest BCUT2D eigenvalue weighted by Gasteiger charge is 2.41. The second-order valence-electron chi connectivity index (χ2n) is 9.90. The summed E-state index contributed by atoms with van der Waals surface area (Å²) in [5, 5.41) is 0.344. The van der Waals surface area contributed by atoms with Crippen molar-refractivity contribution in [1.29, 1.82) is 0 Å². The second-order valence-corrected chi connectivity index (χ2v) is 18.3. The van der Waals surface area contributed by atoms with Gasteiger partial charge >= 0.3 is 15.1 Å². The van der Waals surface area contributed by atoms with Gasteiger partial charge in [0.1, 0.15) is 0 Å². The molecule has 0 spiro atoms. The summed E-state index contributed by atoms with van der Waals surface area (Å²) in [5.41, 5.74) is 5.56. The average Bonchev–Trinajstić information content (AvgIpc) is 2.31. The zero-order chi connectivity index (χ0) is 19.1. The van der Waals surface area contributed by atoms with Gasteiger partial charge in [0.05, 0.1) is 22.6 Å². The Morgan fingerprint density at radius 3 is 1.25 bits per heavy atom. The first-order chi connectivity index (χ1) is 10.5. The number of aryl methyl sites for hydroxylation is 2. The van der Waals surface area contributed by atoms with Gasteiger partial charge in [0.2, 0.25) is 0 Å². The first kappa shape index (κ1) is 22.3. The van der Waals surface area contributed by atoms with Crippen molar-refractivity contribution in [3.63, 3.8) is 0 Å². The van der Waals surface area contributed by atoms with E-state index in [1.54, 1.807) is 0 Å². The molecule has 0 saturated carbocycles. The maximum Gasteiger partial charge on any atom is 0.365 e. The Kier molecular flexibility index (Phi) is 6.57. The highest BCUT2D eigenvalue weighted by molar-refractivity contribution is 7.97. The molecule has 24 heavy (non-hydrogen) atoms. The SMILES string of the molecule is [B][P+](C)(Cc1cc(C[P+]([B])(C)C(C)(C)C)c(C)cc1C)C(C)(C)C. The minimum atomic E-state index is -1.52. The summed E-state index contributed by atoms with van der Waals surface area (Å²) in [6.07, 6.45) is 2.01. The lowest BCUT2D eigenvalue weighted by Crippen LogP contribution is -2.22. The van der Waals surface area contributed by atoms with Gasteiger partial charge in [0, 0.05) is 13.3 Å². The summed E-state index contributed by atoms with van der Waals surface area (Å²) in [6.45, 7) is 22.6. The van der Waals surface area contributed by atoms with Crippen LogP contribution >= 0.6 is 14.3 Å². The van der Waals surface area contributed by atoms with Gasteiger partial charge in [-0.05, 0) is 98.0 Å². The van der Waals surface area contributed by atoms with Crippen LogP contribution < -0.4 is 0 Å². The monoisotopic (exact) mass is 360 g/mol. The van der Waals surface area contributed by atoms with Gasteiger partial charge < -0.3 is 0 Å². The number of hydrogen-bond acceptors (Lipinski definition) is 0. The van der Waals surface area contributed by atoms with E-state index in [1.165, 1.54) is 22.3 Å². The number of benzene rings is 1. The van der Waals surface area contributed by atoms with Gasteiger partial charge in [-0.2, -0.15) is 0 Å². The van der Waals surface area contributed by atoms with Crippen LogP contribution in [0.5, 0.6) is 0 Å². The Labute approximate surface area is 155 Å². The van der Waals surface area contributed by atoms with Gasteiger partial charge in [0.25, 0.3) is 0 Å². The van der Waals surface area contributed by atoms with E-state index in [1.807, 2.05) is 0 Å². The van der Waals surface area contributed by atoms with Crippen molar-refractivity contribution in [2.24, 2.45) is 0 Å². The van der Waals surface area contributed by atoms with E-state index in [0.29, 0.717) is 0 Å². The van der Waals surface area contributed by atoms with E-state index in [-0.39, 0.29) is 10.3 Å². The molecule has 0 N–H and O–H groups in total. The molecule has 0 fully saturated rings. The molecule has 4 radical (unpaired) electrons. The molecule has 1 aromatic rings. The maximum absolute atomic E-state index is 6.77. The summed E-state index contributed by atoms with van der Waals surface area (Å²) in [6, 6.07) is 4.73. The van der Waals surface area contributed by atoms with Crippen LogP contribution in [0, 0.1) is 13.8 Å². The molecule has 0 aromatic heterocycles. The lowest BCUT2D eigenvalue weighted by atomic mass is 10.0. The normalized spacial score (nSPS) is 18.1. The largest absolute Gasteiger partial charge is 0.365 e. The van der Waals surface area contributed by atoms with Gasteiger partial charge in [-0.3, -0.25) is 0 Å². The van der Waals surface area contributed by atoms with E-state index in [9.17, 15) is 0 Å². The van der Waals surface area contributed by atoms with Gasteiger partial charge in [-0.15, -0.1) is 0 Å². The van der Waals surface area contributed by atoms with Crippen molar-refractivity contribution >= 4 is 29.4 Å². The lowest BCUT2D eigenvalue weighted by Gasteiger charge is -2.34. The van der Waals surface area contributed by atoms with Crippen LogP contribution in [-0.2, 0) is 12.3 Å². The van der Waals surface area contributed by atoms with Crippen LogP contribution in [0.4, 0.5) is 0 Å². The molecule has 1 aromatic carbocycles. The standard InChI is InChI=1S/C20H36B2P2/c1-15-11-16(2)18(14-24(10,22)20(6,7)8)12-17(15)13-23(9,21)19(3,4)5/h11-12H,13-14H2,1-10H3/q+2. The molecule has 0 amide bonds. The molecule has 0 heterocycles. The molecule has 0 aliphatic carbocycles. The quantitative estimate of drug-likeness (QED) is 0.433. The third-order valence-corrected chi connectivity index (χ3v) is 14.0. The van der Waals surface area contributed by atoms with Crippen molar-refractivity contribution in [3.8, 4) is 0 Å². The van der Waals surface area contributed by atoms with Crippen LogP contribution in [0.3, 0.4) is 0 Å². The summed E-state index contributed by atoms with van der Waals surface area (Å²) in [7, 11) is 10.5. The van der Waals surface area contributed by atoms with Crippen molar-refractivity contribution < 1.29 is 0 Å². The predicted octanol–water partition coefficient (Wildman–Crippen LogP) is 6.36. The Balaban J connectivity index is 3.24. The molecule has 0 aliphatic rings. The molecular weight excluding hydrogens is 324 g/mol. The Morgan fingerprint density at radius 2 is 1.00 bits per heavy atom. The van der Waals surface area contributed by atoms with Crippen molar-refractivity contribution in [3.05, 3.63) is 34.4 Å². The smallest absolute Gasteiger partial charge is 0.0556 e. The zero-order valence-corrected chi connectivity index (χ0v) is 19.4. The first-order valence-corrected chi connectivity index (χ1v) is 13.8. The van der Waals surface area contributed by atoms with E-state index < -0.39 is 14.3 Å². The maximum atomic E-state index is 6.77. The molecular formula is C20H36B2P2+2. The molecule has 130 valence electrons. The van der Waals surface area contributed by atoms with Crippen LogP contribution in [-0.4, -0.2) is 38.8 Å². The third-order valence-electron chi connectivity index (χ3n) is 5.86. The van der Waals surface area contributed by atoms with Gasteiger partial charge in [0.15, 0.2) is 0 Å². The molecule has 4 heteroatoms. The van der Waals surface area contributed by atoms with Crippen molar-refractivity contribution in [1.82, 2.24) is 0 Å². The van der Waals surface area contributed by atoms with Gasteiger partial charge in [-0.25, -0.2) is 0 Å². The minimum Gasteiger partial charge on any atom is -0.0556 e. The molecule has 1 rings (SSSR count).